The van der Waals surface area contributed by atoms with E-state index in [9.17, 15) is 0 Å². The summed E-state index contributed by atoms with van der Waals surface area (Å²) < 4.78 is 0. The van der Waals surface area contributed by atoms with Crippen molar-refractivity contribution in [3.05, 3.63) is 0 Å². The van der Waals surface area contributed by atoms with Gasteiger partial charge in [-0.3, -0.25) is 0 Å². The van der Waals surface area contributed by atoms with Crippen molar-refractivity contribution in [2.24, 2.45) is 11.8 Å². The van der Waals surface area contributed by atoms with Crippen LogP contribution in [0.5, 0.6) is 0 Å². The van der Waals surface area contributed by atoms with Gasteiger partial charge in [0.1, 0.15) is 0 Å². The molecule has 1 saturated heterocycles. The molecule has 1 N–H and O–H groups in total. The largest absolute Gasteiger partial charge is 0.311 e. The maximum atomic E-state index is 3.75. The first-order valence-electron chi connectivity index (χ1n) is 5.63. The monoisotopic (exact) mass is 165 g/mol. The van der Waals surface area contributed by atoms with E-state index in [2.05, 4.69) is 5.32 Å². The van der Waals surface area contributed by atoms with E-state index in [1.807, 2.05) is 0 Å². The van der Waals surface area contributed by atoms with Gasteiger partial charge in [0.05, 0.1) is 0 Å². The predicted molar refractivity (Wildman–Crippen MR) is 50.0 cm³/mol. The first-order valence-corrected chi connectivity index (χ1v) is 5.63. The number of rotatable bonds is 0. The van der Waals surface area contributed by atoms with E-state index in [1.165, 1.54) is 45.1 Å². The van der Waals surface area contributed by atoms with E-state index in [0.717, 1.165) is 11.8 Å². The zero-order chi connectivity index (χ0) is 8.02. The number of fused-ring (bicyclic) bond motifs is 1. The molecule has 3 aliphatic rings. The fraction of sp³-hybridized carbons (Fsp3) is 1.00. The Morgan fingerprint density at radius 3 is 2.33 bits per heavy atom. The summed E-state index contributed by atoms with van der Waals surface area (Å²) in [7, 11) is 0. The molecule has 1 heterocycles. The van der Waals surface area contributed by atoms with E-state index in [-0.39, 0.29) is 0 Å². The number of hydrogen-bond acceptors (Lipinski definition) is 1. The zero-order valence-electron chi connectivity index (χ0n) is 7.81. The van der Waals surface area contributed by atoms with Gasteiger partial charge >= 0.3 is 0 Å². The van der Waals surface area contributed by atoms with E-state index in [1.54, 1.807) is 6.42 Å². The second-order valence-corrected chi connectivity index (χ2v) is 5.14. The highest BCUT2D eigenvalue weighted by atomic mass is 15.0. The van der Waals surface area contributed by atoms with Crippen molar-refractivity contribution in [2.45, 2.75) is 50.5 Å². The van der Waals surface area contributed by atoms with Gasteiger partial charge in [0.2, 0.25) is 0 Å². The highest BCUT2D eigenvalue weighted by Crippen LogP contribution is 2.51. The van der Waals surface area contributed by atoms with Crippen LogP contribution in [0.25, 0.3) is 0 Å². The van der Waals surface area contributed by atoms with Gasteiger partial charge in [-0.15, -0.1) is 0 Å². The summed E-state index contributed by atoms with van der Waals surface area (Å²) in [5, 5.41) is 3.75. The molecule has 3 fully saturated rings. The van der Waals surface area contributed by atoms with Crippen LogP contribution < -0.4 is 5.32 Å². The summed E-state index contributed by atoms with van der Waals surface area (Å²) in [4.78, 5) is 0. The third kappa shape index (κ3) is 1.10. The van der Waals surface area contributed by atoms with Crippen LogP contribution in [-0.4, -0.2) is 12.1 Å². The van der Waals surface area contributed by atoms with E-state index in [4.69, 9.17) is 0 Å². The first-order chi connectivity index (χ1) is 5.88. The summed E-state index contributed by atoms with van der Waals surface area (Å²) in [6.45, 7) is 1.29. The quantitative estimate of drug-likeness (QED) is 0.581. The Bertz CT molecular complexity index is 167. The standard InChI is InChI=1S/C11H19N/c1-4-11(12-7-1)5-2-9-8-10(9)3-6-11/h9-10,12H,1-8H2. The Hall–Kier alpha value is -0.0400. The molecule has 2 saturated carbocycles. The first kappa shape index (κ1) is 7.37. The normalized spacial score (nSPS) is 52.0. The van der Waals surface area contributed by atoms with Crippen LogP contribution in [-0.2, 0) is 0 Å². The zero-order valence-corrected chi connectivity index (χ0v) is 7.81. The lowest BCUT2D eigenvalue weighted by atomic mass is 9.87. The third-order valence-corrected chi connectivity index (χ3v) is 4.39. The summed E-state index contributed by atoms with van der Waals surface area (Å²) in [5.41, 5.74) is 0.618. The third-order valence-electron chi connectivity index (χ3n) is 4.39. The van der Waals surface area contributed by atoms with E-state index in [0.29, 0.717) is 5.54 Å². The molecule has 2 unspecified atom stereocenters. The molecular weight excluding hydrogens is 146 g/mol. The molecule has 0 bridgehead atoms. The molecule has 12 heavy (non-hydrogen) atoms. The van der Waals surface area contributed by atoms with Crippen LogP contribution >= 0.6 is 0 Å². The smallest absolute Gasteiger partial charge is 0.0182 e. The fourth-order valence-corrected chi connectivity index (χ4v) is 3.36. The van der Waals surface area contributed by atoms with Crippen LogP contribution in [0.3, 0.4) is 0 Å². The minimum atomic E-state index is 0.618. The lowest BCUT2D eigenvalue weighted by Crippen LogP contribution is -2.39. The van der Waals surface area contributed by atoms with Gasteiger partial charge in [-0.05, 0) is 63.3 Å². The molecule has 2 atom stereocenters. The highest BCUT2D eigenvalue weighted by Gasteiger charge is 2.44. The Balaban J connectivity index is 1.71. The molecule has 0 aromatic carbocycles. The summed E-state index contributed by atoms with van der Waals surface area (Å²) in [5.74, 6) is 2.29. The van der Waals surface area contributed by atoms with E-state index >= 15 is 0 Å². The predicted octanol–water partition coefficient (Wildman–Crippen LogP) is 2.32. The lowest BCUT2D eigenvalue weighted by Gasteiger charge is -2.28. The number of hydrogen-bond donors (Lipinski definition) is 1. The van der Waals surface area contributed by atoms with Gasteiger partial charge in [-0.2, -0.15) is 0 Å². The van der Waals surface area contributed by atoms with Crippen LogP contribution in [0.4, 0.5) is 0 Å². The minimum Gasteiger partial charge on any atom is -0.311 e. The maximum Gasteiger partial charge on any atom is 0.0182 e. The second-order valence-electron chi connectivity index (χ2n) is 5.14. The molecule has 0 radical (unpaired) electrons. The van der Waals surface area contributed by atoms with Crippen molar-refractivity contribution in [2.75, 3.05) is 6.54 Å². The molecule has 3 rings (SSSR count). The van der Waals surface area contributed by atoms with Gasteiger partial charge in [0, 0.05) is 5.54 Å². The minimum absolute atomic E-state index is 0.618. The van der Waals surface area contributed by atoms with Crippen molar-refractivity contribution in [1.29, 1.82) is 0 Å². The Labute approximate surface area is 74.9 Å². The Kier molecular flexibility index (Phi) is 1.52. The average Bonchev–Trinajstić information content (AvgIpc) is 2.70. The van der Waals surface area contributed by atoms with Crippen molar-refractivity contribution in [1.82, 2.24) is 5.32 Å². The van der Waals surface area contributed by atoms with Gasteiger partial charge in [0.25, 0.3) is 0 Å². The van der Waals surface area contributed by atoms with Crippen molar-refractivity contribution in [3.63, 3.8) is 0 Å². The molecule has 0 amide bonds. The Morgan fingerprint density at radius 2 is 1.75 bits per heavy atom. The summed E-state index contributed by atoms with van der Waals surface area (Å²) >= 11 is 0. The van der Waals surface area contributed by atoms with Crippen molar-refractivity contribution >= 4 is 0 Å². The molecule has 2 aliphatic carbocycles. The molecule has 0 aromatic heterocycles. The van der Waals surface area contributed by atoms with Gasteiger partial charge in [-0.25, -0.2) is 0 Å². The van der Waals surface area contributed by atoms with Gasteiger partial charge in [0.15, 0.2) is 0 Å². The summed E-state index contributed by atoms with van der Waals surface area (Å²) in [6, 6.07) is 0. The highest BCUT2D eigenvalue weighted by molar-refractivity contribution is 5.00. The van der Waals surface area contributed by atoms with Crippen LogP contribution in [0.15, 0.2) is 0 Å². The molecule has 0 aromatic rings. The Morgan fingerprint density at radius 1 is 1.00 bits per heavy atom. The molecule has 68 valence electrons. The topological polar surface area (TPSA) is 12.0 Å². The van der Waals surface area contributed by atoms with E-state index < -0.39 is 0 Å². The van der Waals surface area contributed by atoms with Crippen LogP contribution in [0.1, 0.15) is 44.9 Å². The van der Waals surface area contributed by atoms with Gasteiger partial charge in [-0.1, -0.05) is 0 Å². The van der Waals surface area contributed by atoms with Crippen LogP contribution in [0, 0.1) is 11.8 Å². The van der Waals surface area contributed by atoms with Crippen molar-refractivity contribution in [3.8, 4) is 0 Å². The molecule has 1 spiro atoms. The molecule has 1 aliphatic heterocycles. The molecule has 1 heteroatoms. The van der Waals surface area contributed by atoms with Crippen LogP contribution in [0.2, 0.25) is 0 Å². The molecular formula is C11H19N. The molecule has 1 nitrogen and oxygen atoms in total. The fourth-order valence-electron chi connectivity index (χ4n) is 3.36. The second kappa shape index (κ2) is 2.47. The SMILES string of the molecule is C1CNC2(C1)CCC1CC1CC2. The summed E-state index contributed by atoms with van der Waals surface area (Å²) in [6.07, 6.45) is 10.5. The number of nitrogens with one attached hydrogen (secondary N) is 1. The van der Waals surface area contributed by atoms with Gasteiger partial charge < -0.3 is 5.32 Å². The lowest BCUT2D eigenvalue weighted by molar-refractivity contribution is 0.317. The van der Waals surface area contributed by atoms with Crippen molar-refractivity contribution < 1.29 is 0 Å². The maximum absolute atomic E-state index is 3.75. The average molecular weight is 165 g/mol.